The third-order valence-corrected chi connectivity index (χ3v) is 2.26. The number of para-hydroxylation sites is 1. The fourth-order valence-corrected chi connectivity index (χ4v) is 1.35. The van der Waals surface area contributed by atoms with Crippen LogP contribution in [0.15, 0.2) is 24.3 Å². The van der Waals surface area contributed by atoms with Crippen molar-refractivity contribution < 1.29 is 5.48 Å². The van der Waals surface area contributed by atoms with E-state index >= 15 is 0 Å². The normalized spacial score (nSPS) is 8.33. The zero-order valence-electron chi connectivity index (χ0n) is 10.7. The topological polar surface area (TPSA) is 34.7 Å². The van der Waals surface area contributed by atoms with Crippen LogP contribution in [0.3, 0.4) is 0 Å². The molecule has 88 valence electrons. The monoisotopic (exact) mass is 211 g/mol. The Kier molecular flexibility index (Phi) is 10.4. The number of nitrogens with zero attached hydrogens (tertiary/aromatic N) is 1. The number of hydrogen-bond donors (Lipinski definition) is 0. The van der Waals surface area contributed by atoms with E-state index in [2.05, 4.69) is 50.1 Å². The van der Waals surface area contributed by atoms with Crippen molar-refractivity contribution in [2.75, 3.05) is 18.5 Å². The Morgan fingerprint density at radius 3 is 2.07 bits per heavy atom. The van der Waals surface area contributed by atoms with Gasteiger partial charge in [-0.3, -0.25) is 0 Å². The quantitative estimate of drug-likeness (QED) is 0.757. The lowest BCUT2D eigenvalue weighted by atomic mass is 10.1. The van der Waals surface area contributed by atoms with Gasteiger partial charge in [0.05, 0.1) is 0 Å². The SMILES string of the molecule is CC.CCc1ccccc1N(C)CC.O. The molecule has 0 aliphatic carbocycles. The predicted molar refractivity (Wildman–Crippen MR) is 69.7 cm³/mol. The lowest BCUT2D eigenvalue weighted by Gasteiger charge is -2.19. The number of rotatable bonds is 3. The Hall–Kier alpha value is -1.02. The fraction of sp³-hybridized carbons (Fsp3) is 0.538. The second kappa shape index (κ2) is 9.53. The fourth-order valence-electron chi connectivity index (χ4n) is 1.35. The molecule has 2 N–H and O–H groups in total. The molecular formula is C13H25NO. The van der Waals surface area contributed by atoms with Crippen LogP contribution in [0.4, 0.5) is 5.69 Å². The van der Waals surface area contributed by atoms with Gasteiger partial charge in [0.2, 0.25) is 0 Å². The average molecular weight is 211 g/mol. The molecule has 0 radical (unpaired) electrons. The van der Waals surface area contributed by atoms with E-state index in [1.54, 1.807) is 0 Å². The predicted octanol–water partition coefficient (Wildman–Crippen LogP) is 2.91. The van der Waals surface area contributed by atoms with Crippen LogP contribution in [0.2, 0.25) is 0 Å². The zero-order chi connectivity index (χ0) is 11.0. The van der Waals surface area contributed by atoms with Gasteiger partial charge in [-0.05, 0) is 25.0 Å². The van der Waals surface area contributed by atoms with Crippen molar-refractivity contribution >= 4 is 5.69 Å². The molecule has 0 atom stereocenters. The lowest BCUT2D eigenvalue weighted by molar-refractivity contribution is 0.824. The molecule has 0 saturated heterocycles. The van der Waals surface area contributed by atoms with Gasteiger partial charge in [0.25, 0.3) is 0 Å². The summed E-state index contributed by atoms with van der Waals surface area (Å²) in [5.41, 5.74) is 2.80. The number of anilines is 1. The van der Waals surface area contributed by atoms with Crippen molar-refractivity contribution in [1.29, 1.82) is 0 Å². The molecule has 0 fully saturated rings. The lowest BCUT2D eigenvalue weighted by Crippen LogP contribution is -2.17. The van der Waals surface area contributed by atoms with E-state index in [4.69, 9.17) is 0 Å². The van der Waals surface area contributed by atoms with Crippen LogP contribution in [-0.2, 0) is 6.42 Å². The molecule has 1 aromatic rings. The summed E-state index contributed by atoms with van der Waals surface area (Å²) in [6.07, 6.45) is 1.11. The summed E-state index contributed by atoms with van der Waals surface area (Å²) in [5, 5.41) is 0. The molecule has 2 heteroatoms. The molecular weight excluding hydrogens is 186 g/mol. The zero-order valence-corrected chi connectivity index (χ0v) is 10.7. The first-order valence-corrected chi connectivity index (χ1v) is 5.58. The van der Waals surface area contributed by atoms with Crippen LogP contribution >= 0.6 is 0 Å². The Morgan fingerprint density at radius 2 is 1.60 bits per heavy atom. The summed E-state index contributed by atoms with van der Waals surface area (Å²) in [7, 11) is 2.13. The first-order valence-electron chi connectivity index (χ1n) is 5.58. The molecule has 15 heavy (non-hydrogen) atoms. The maximum Gasteiger partial charge on any atom is 0.0395 e. The first-order chi connectivity index (χ1) is 6.79. The van der Waals surface area contributed by atoms with Gasteiger partial charge in [-0.2, -0.15) is 0 Å². The molecule has 0 heterocycles. The Bertz CT molecular complexity index is 248. The highest BCUT2D eigenvalue weighted by Gasteiger charge is 2.01. The Morgan fingerprint density at radius 1 is 1.07 bits per heavy atom. The van der Waals surface area contributed by atoms with E-state index in [0.29, 0.717) is 0 Å². The van der Waals surface area contributed by atoms with Gasteiger partial charge in [0.1, 0.15) is 0 Å². The minimum atomic E-state index is 0. The van der Waals surface area contributed by atoms with Crippen LogP contribution in [0.1, 0.15) is 33.3 Å². The number of hydrogen-bond acceptors (Lipinski definition) is 1. The molecule has 1 aromatic carbocycles. The van der Waals surface area contributed by atoms with Crippen molar-refractivity contribution in [3.8, 4) is 0 Å². The Labute approximate surface area is 94.2 Å². The molecule has 1 rings (SSSR count). The molecule has 0 aliphatic heterocycles. The van der Waals surface area contributed by atoms with Gasteiger partial charge in [-0.25, -0.2) is 0 Å². The second-order valence-corrected chi connectivity index (χ2v) is 3.00. The van der Waals surface area contributed by atoms with Gasteiger partial charge in [-0.15, -0.1) is 0 Å². The minimum absolute atomic E-state index is 0. The molecule has 0 amide bonds. The van der Waals surface area contributed by atoms with Crippen molar-refractivity contribution in [3.05, 3.63) is 29.8 Å². The molecule has 0 aromatic heterocycles. The van der Waals surface area contributed by atoms with Crippen molar-refractivity contribution in [1.82, 2.24) is 0 Å². The molecule has 0 aliphatic rings. The molecule has 0 unspecified atom stereocenters. The van der Waals surface area contributed by atoms with Crippen LogP contribution in [0.5, 0.6) is 0 Å². The maximum absolute atomic E-state index is 2.28. The number of aryl methyl sites for hydroxylation is 1. The summed E-state index contributed by atoms with van der Waals surface area (Å²) >= 11 is 0. The molecule has 0 saturated carbocycles. The van der Waals surface area contributed by atoms with Crippen LogP contribution in [0, 0.1) is 0 Å². The van der Waals surface area contributed by atoms with E-state index < -0.39 is 0 Å². The van der Waals surface area contributed by atoms with E-state index in [0.717, 1.165) is 13.0 Å². The van der Waals surface area contributed by atoms with Gasteiger partial charge >= 0.3 is 0 Å². The van der Waals surface area contributed by atoms with Crippen molar-refractivity contribution in [2.45, 2.75) is 34.1 Å². The van der Waals surface area contributed by atoms with E-state index in [1.165, 1.54) is 11.3 Å². The summed E-state index contributed by atoms with van der Waals surface area (Å²) in [5.74, 6) is 0. The molecule has 0 bridgehead atoms. The summed E-state index contributed by atoms with van der Waals surface area (Å²) < 4.78 is 0. The average Bonchev–Trinajstić information content (AvgIpc) is 2.30. The molecule has 0 spiro atoms. The largest absolute Gasteiger partial charge is 0.412 e. The van der Waals surface area contributed by atoms with E-state index in [9.17, 15) is 0 Å². The molecule has 2 nitrogen and oxygen atoms in total. The third-order valence-electron chi connectivity index (χ3n) is 2.26. The highest BCUT2D eigenvalue weighted by atomic mass is 16.0. The summed E-state index contributed by atoms with van der Waals surface area (Å²) in [6, 6.07) is 8.58. The third kappa shape index (κ3) is 4.84. The Balaban J connectivity index is 0. The van der Waals surface area contributed by atoms with E-state index in [1.807, 2.05) is 13.8 Å². The highest BCUT2D eigenvalue weighted by molar-refractivity contribution is 5.52. The van der Waals surface area contributed by atoms with Gasteiger partial charge in [0, 0.05) is 19.3 Å². The standard InChI is InChI=1S/C11H17N.C2H6.H2O/c1-4-10-8-6-7-9-11(10)12(3)5-2;1-2;/h6-9H,4-5H2,1-3H3;1-2H3;1H2. The number of benzene rings is 1. The van der Waals surface area contributed by atoms with Crippen LogP contribution in [0.25, 0.3) is 0 Å². The van der Waals surface area contributed by atoms with Gasteiger partial charge in [0.15, 0.2) is 0 Å². The van der Waals surface area contributed by atoms with Crippen LogP contribution in [-0.4, -0.2) is 19.1 Å². The van der Waals surface area contributed by atoms with Gasteiger partial charge in [-0.1, -0.05) is 39.0 Å². The summed E-state index contributed by atoms with van der Waals surface area (Å²) in [6.45, 7) is 9.44. The summed E-state index contributed by atoms with van der Waals surface area (Å²) in [4.78, 5) is 2.28. The van der Waals surface area contributed by atoms with Crippen LogP contribution < -0.4 is 4.90 Å². The van der Waals surface area contributed by atoms with Crippen molar-refractivity contribution in [3.63, 3.8) is 0 Å². The van der Waals surface area contributed by atoms with E-state index in [-0.39, 0.29) is 5.48 Å². The van der Waals surface area contributed by atoms with Crippen molar-refractivity contribution in [2.24, 2.45) is 0 Å². The highest BCUT2D eigenvalue weighted by Crippen LogP contribution is 2.18. The second-order valence-electron chi connectivity index (χ2n) is 3.00. The first kappa shape index (κ1) is 16.4. The van der Waals surface area contributed by atoms with Gasteiger partial charge < -0.3 is 10.4 Å². The minimum Gasteiger partial charge on any atom is -0.412 e. The smallest absolute Gasteiger partial charge is 0.0395 e. The maximum atomic E-state index is 2.28.